The third-order valence-corrected chi connectivity index (χ3v) is 1.63. The number of amides is 3. The summed E-state index contributed by atoms with van der Waals surface area (Å²) < 4.78 is 4.71. The number of carbonyl (C=O) groups excluding carboxylic acids is 2. The Labute approximate surface area is 94.9 Å². The number of hydrogen-bond acceptors (Lipinski definition) is 4. The van der Waals surface area contributed by atoms with Crippen molar-refractivity contribution in [3.63, 3.8) is 0 Å². The van der Waals surface area contributed by atoms with Crippen LogP contribution in [0.25, 0.3) is 0 Å². The van der Waals surface area contributed by atoms with E-state index in [0.717, 1.165) is 6.42 Å². The summed E-state index contributed by atoms with van der Waals surface area (Å²) in [6.07, 6.45) is 2.55. The summed E-state index contributed by atoms with van der Waals surface area (Å²) >= 11 is 0. The lowest BCUT2D eigenvalue weighted by Gasteiger charge is -2.07. The first-order chi connectivity index (χ1) is 7.65. The molecule has 0 atom stereocenters. The fraction of sp³-hybridized carbons (Fsp3) is 0.600. The van der Waals surface area contributed by atoms with Crippen LogP contribution >= 0.6 is 0 Å². The zero-order valence-electron chi connectivity index (χ0n) is 9.83. The molecule has 16 heavy (non-hydrogen) atoms. The molecule has 6 nitrogen and oxygen atoms in total. The molecule has 0 aliphatic heterocycles. The normalized spacial score (nSPS) is 10.8. The van der Waals surface area contributed by atoms with Crippen molar-refractivity contribution in [3.8, 4) is 0 Å². The second kappa shape index (κ2) is 8.72. The van der Waals surface area contributed by atoms with Crippen LogP contribution in [0.1, 0.15) is 26.7 Å². The van der Waals surface area contributed by atoms with E-state index in [-0.39, 0.29) is 0 Å². The van der Waals surface area contributed by atoms with Gasteiger partial charge in [-0.3, -0.25) is 14.9 Å². The molecule has 0 aliphatic rings. The number of nitrogens with one attached hydrogen (secondary N) is 2. The molecule has 2 N–H and O–H groups in total. The van der Waals surface area contributed by atoms with Crippen molar-refractivity contribution < 1.29 is 19.2 Å². The third kappa shape index (κ3) is 6.02. The SMILES string of the molecule is CCCONC(=O)NC(=O)/C(=C/OC)CC. The van der Waals surface area contributed by atoms with Crippen molar-refractivity contribution in [1.29, 1.82) is 0 Å². The topological polar surface area (TPSA) is 76.7 Å². The second-order valence-electron chi connectivity index (χ2n) is 2.97. The van der Waals surface area contributed by atoms with Crippen molar-refractivity contribution in [2.24, 2.45) is 0 Å². The van der Waals surface area contributed by atoms with E-state index in [2.05, 4.69) is 10.8 Å². The molecule has 0 spiro atoms. The zero-order valence-corrected chi connectivity index (χ0v) is 9.83. The van der Waals surface area contributed by atoms with Crippen molar-refractivity contribution in [2.45, 2.75) is 26.7 Å². The monoisotopic (exact) mass is 230 g/mol. The summed E-state index contributed by atoms with van der Waals surface area (Å²) in [6, 6.07) is -0.686. The molecule has 0 fully saturated rings. The molecular formula is C10H18N2O4. The minimum atomic E-state index is -0.686. The average Bonchev–Trinajstić information content (AvgIpc) is 2.26. The summed E-state index contributed by atoms with van der Waals surface area (Å²) in [5.74, 6) is -0.498. The Kier molecular flexibility index (Phi) is 7.87. The molecule has 0 aromatic rings. The van der Waals surface area contributed by atoms with Gasteiger partial charge in [-0.05, 0) is 12.8 Å². The number of hydroxylamine groups is 1. The van der Waals surface area contributed by atoms with E-state index >= 15 is 0 Å². The zero-order chi connectivity index (χ0) is 12.4. The van der Waals surface area contributed by atoms with E-state index in [1.165, 1.54) is 13.4 Å². The van der Waals surface area contributed by atoms with E-state index < -0.39 is 11.9 Å². The van der Waals surface area contributed by atoms with Crippen LogP contribution in [0.3, 0.4) is 0 Å². The van der Waals surface area contributed by atoms with Crippen molar-refractivity contribution in [2.75, 3.05) is 13.7 Å². The van der Waals surface area contributed by atoms with Crippen LogP contribution in [0.2, 0.25) is 0 Å². The summed E-state index contributed by atoms with van der Waals surface area (Å²) in [5, 5.41) is 2.11. The van der Waals surface area contributed by atoms with Crippen LogP contribution in [-0.2, 0) is 14.4 Å². The molecule has 0 saturated heterocycles. The number of imide groups is 1. The fourth-order valence-electron chi connectivity index (χ4n) is 0.867. The predicted octanol–water partition coefficient (Wildman–Crippen LogP) is 1.09. The Morgan fingerprint density at radius 3 is 2.50 bits per heavy atom. The predicted molar refractivity (Wildman–Crippen MR) is 58.3 cm³/mol. The summed E-state index contributed by atoms with van der Waals surface area (Å²) in [4.78, 5) is 27.3. The van der Waals surface area contributed by atoms with Gasteiger partial charge in [0.2, 0.25) is 0 Å². The maximum atomic E-state index is 11.4. The second-order valence-corrected chi connectivity index (χ2v) is 2.97. The molecule has 0 rings (SSSR count). The molecule has 0 aliphatic carbocycles. The highest BCUT2D eigenvalue weighted by atomic mass is 16.7. The lowest BCUT2D eigenvalue weighted by atomic mass is 10.2. The van der Waals surface area contributed by atoms with E-state index in [0.29, 0.717) is 18.6 Å². The summed E-state index contributed by atoms with van der Waals surface area (Å²) in [7, 11) is 1.44. The van der Waals surface area contributed by atoms with Crippen molar-refractivity contribution in [1.82, 2.24) is 10.8 Å². The molecule has 6 heteroatoms. The molecule has 0 unspecified atom stereocenters. The first-order valence-electron chi connectivity index (χ1n) is 5.10. The van der Waals surface area contributed by atoms with Gasteiger partial charge in [0.25, 0.3) is 5.91 Å². The van der Waals surface area contributed by atoms with Crippen LogP contribution in [-0.4, -0.2) is 25.7 Å². The van der Waals surface area contributed by atoms with Gasteiger partial charge in [0.05, 0.1) is 25.6 Å². The lowest BCUT2D eigenvalue weighted by Crippen LogP contribution is -2.40. The average molecular weight is 230 g/mol. The van der Waals surface area contributed by atoms with Crippen LogP contribution in [0.5, 0.6) is 0 Å². The fourth-order valence-corrected chi connectivity index (χ4v) is 0.867. The highest BCUT2D eigenvalue weighted by Gasteiger charge is 2.11. The molecule has 0 aromatic heterocycles. The first-order valence-corrected chi connectivity index (χ1v) is 5.10. The largest absolute Gasteiger partial charge is 0.504 e. The number of ether oxygens (including phenoxy) is 1. The minimum absolute atomic E-state index is 0.383. The van der Waals surface area contributed by atoms with Gasteiger partial charge in [0.15, 0.2) is 0 Å². The van der Waals surface area contributed by atoms with E-state index in [1.807, 2.05) is 6.92 Å². The van der Waals surface area contributed by atoms with Gasteiger partial charge in [-0.15, -0.1) is 0 Å². The summed E-state index contributed by atoms with van der Waals surface area (Å²) in [6.45, 7) is 4.09. The molecule has 3 amide bonds. The molecule has 0 heterocycles. The number of carbonyl (C=O) groups is 2. The van der Waals surface area contributed by atoms with Crippen LogP contribution in [0.4, 0.5) is 4.79 Å². The van der Waals surface area contributed by atoms with E-state index in [4.69, 9.17) is 9.57 Å². The molecule has 0 radical (unpaired) electrons. The van der Waals surface area contributed by atoms with Gasteiger partial charge in [-0.1, -0.05) is 13.8 Å². The first kappa shape index (κ1) is 14.4. The van der Waals surface area contributed by atoms with Crippen molar-refractivity contribution >= 4 is 11.9 Å². The standard InChI is InChI=1S/C10H18N2O4/c1-4-6-16-12-10(14)11-9(13)8(5-2)7-15-3/h7H,4-6H2,1-3H3,(H2,11,12,13,14)/b8-7+. The van der Waals surface area contributed by atoms with Crippen molar-refractivity contribution in [3.05, 3.63) is 11.8 Å². The van der Waals surface area contributed by atoms with Gasteiger partial charge in [0, 0.05) is 0 Å². The molecule has 0 saturated carbocycles. The quantitative estimate of drug-likeness (QED) is 0.310. The lowest BCUT2D eigenvalue weighted by molar-refractivity contribution is -0.117. The Bertz CT molecular complexity index is 264. The maximum Gasteiger partial charge on any atom is 0.345 e. The van der Waals surface area contributed by atoms with Gasteiger partial charge < -0.3 is 4.74 Å². The maximum absolute atomic E-state index is 11.4. The van der Waals surface area contributed by atoms with E-state index in [1.54, 1.807) is 6.92 Å². The Balaban J connectivity index is 4.02. The van der Waals surface area contributed by atoms with Gasteiger partial charge in [-0.2, -0.15) is 0 Å². The van der Waals surface area contributed by atoms with Crippen LogP contribution in [0, 0.1) is 0 Å². The van der Waals surface area contributed by atoms with Gasteiger partial charge in [-0.25, -0.2) is 10.3 Å². The third-order valence-electron chi connectivity index (χ3n) is 1.63. The Hall–Kier alpha value is -1.56. The number of urea groups is 1. The smallest absolute Gasteiger partial charge is 0.345 e. The minimum Gasteiger partial charge on any atom is -0.504 e. The highest BCUT2D eigenvalue weighted by Crippen LogP contribution is 1.99. The molecular weight excluding hydrogens is 212 g/mol. The number of methoxy groups -OCH3 is 1. The Morgan fingerprint density at radius 2 is 2.00 bits per heavy atom. The van der Waals surface area contributed by atoms with Gasteiger partial charge >= 0.3 is 6.03 Å². The molecule has 92 valence electrons. The number of rotatable bonds is 6. The number of hydrogen-bond donors (Lipinski definition) is 2. The molecule has 0 aromatic carbocycles. The summed E-state index contributed by atoms with van der Waals surface area (Å²) in [5.41, 5.74) is 2.48. The van der Waals surface area contributed by atoms with Gasteiger partial charge in [0.1, 0.15) is 0 Å². The van der Waals surface area contributed by atoms with Crippen LogP contribution in [0.15, 0.2) is 11.8 Å². The van der Waals surface area contributed by atoms with E-state index in [9.17, 15) is 9.59 Å². The molecule has 0 bridgehead atoms. The Morgan fingerprint density at radius 1 is 1.31 bits per heavy atom. The van der Waals surface area contributed by atoms with Crippen LogP contribution < -0.4 is 10.8 Å². The highest BCUT2D eigenvalue weighted by molar-refractivity contribution is 6.03.